The molecular weight excluding hydrogens is 264 g/mol. The highest BCUT2D eigenvalue weighted by molar-refractivity contribution is 9.11. The second-order valence-corrected chi connectivity index (χ2v) is 5.11. The Kier molecular flexibility index (Phi) is 4.10. The van der Waals surface area contributed by atoms with Crippen LogP contribution in [-0.4, -0.2) is 11.1 Å². The molecule has 1 heterocycles. The van der Waals surface area contributed by atoms with E-state index in [2.05, 4.69) is 15.9 Å². The monoisotopic (exact) mass is 272 g/mol. The molecule has 0 amide bonds. The number of carbonyl (C=O) groups is 1. The molecule has 0 aliphatic carbocycles. The number of carboxylic acids is 1. The van der Waals surface area contributed by atoms with Crippen LogP contribution >= 0.6 is 27.3 Å². The van der Waals surface area contributed by atoms with Gasteiger partial charge in [-0.3, -0.25) is 0 Å². The number of hydrogen-bond donors (Lipinski definition) is 1. The molecule has 0 aliphatic rings. The third-order valence-corrected chi connectivity index (χ3v) is 3.31. The van der Waals surface area contributed by atoms with Crippen LogP contribution in [0.4, 0.5) is 0 Å². The van der Waals surface area contributed by atoms with E-state index in [1.807, 2.05) is 19.1 Å². The van der Waals surface area contributed by atoms with Crippen molar-refractivity contribution in [1.29, 1.82) is 0 Å². The van der Waals surface area contributed by atoms with E-state index in [0.717, 1.165) is 20.3 Å². The molecule has 0 bridgehead atoms. The average Bonchev–Trinajstić information content (AvgIpc) is 2.51. The van der Waals surface area contributed by atoms with Gasteiger partial charge in [-0.2, -0.15) is 0 Å². The molecule has 0 spiro atoms. The zero-order chi connectivity index (χ0) is 10.6. The highest BCUT2D eigenvalue weighted by Gasteiger charge is 1.97. The molecule has 1 N–H and O–H groups in total. The van der Waals surface area contributed by atoms with Crippen molar-refractivity contribution in [2.24, 2.45) is 0 Å². The summed E-state index contributed by atoms with van der Waals surface area (Å²) in [6.07, 6.45) is 4.43. The maximum atomic E-state index is 10.2. The van der Waals surface area contributed by atoms with Crippen molar-refractivity contribution in [3.8, 4) is 0 Å². The van der Waals surface area contributed by atoms with E-state index in [9.17, 15) is 4.79 Å². The lowest BCUT2D eigenvalue weighted by Gasteiger charge is -1.92. The normalized spacial score (nSPS) is 12.3. The predicted octanol–water partition coefficient (Wildman–Crippen LogP) is 3.55. The number of aliphatic carboxylic acids is 1. The SMILES string of the molecule is C/C(=C\C=C\C(=O)O)c1ccc(Br)s1. The van der Waals surface area contributed by atoms with Gasteiger partial charge < -0.3 is 5.11 Å². The largest absolute Gasteiger partial charge is 0.478 e. The molecule has 2 nitrogen and oxygen atoms in total. The fourth-order valence-electron chi connectivity index (χ4n) is 0.883. The minimum absolute atomic E-state index is 0.929. The first-order valence-corrected chi connectivity index (χ1v) is 5.54. The number of allylic oxidation sites excluding steroid dienone is 3. The third kappa shape index (κ3) is 3.47. The van der Waals surface area contributed by atoms with Crippen LogP contribution in [0.5, 0.6) is 0 Å². The summed E-state index contributed by atoms with van der Waals surface area (Å²) in [6, 6.07) is 3.97. The molecule has 0 aromatic carbocycles. The van der Waals surface area contributed by atoms with Crippen molar-refractivity contribution in [3.05, 3.63) is 39.0 Å². The van der Waals surface area contributed by atoms with E-state index in [1.165, 1.54) is 6.08 Å². The zero-order valence-corrected chi connectivity index (χ0v) is 9.93. The molecule has 0 unspecified atom stereocenters. The number of carboxylic acid groups (broad SMARTS) is 1. The van der Waals surface area contributed by atoms with Crippen LogP contribution in [0.1, 0.15) is 11.8 Å². The van der Waals surface area contributed by atoms with E-state index < -0.39 is 5.97 Å². The van der Waals surface area contributed by atoms with Gasteiger partial charge in [0, 0.05) is 11.0 Å². The molecule has 0 atom stereocenters. The molecule has 1 aromatic rings. The number of thiophene rings is 1. The van der Waals surface area contributed by atoms with Crippen molar-refractivity contribution >= 4 is 38.8 Å². The van der Waals surface area contributed by atoms with Crippen LogP contribution in [-0.2, 0) is 4.79 Å². The molecule has 0 fully saturated rings. The Morgan fingerprint density at radius 3 is 2.79 bits per heavy atom. The Morgan fingerprint density at radius 1 is 1.57 bits per heavy atom. The third-order valence-electron chi connectivity index (χ3n) is 1.55. The summed E-state index contributed by atoms with van der Waals surface area (Å²) in [6.45, 7) is 1.95. The van der Waals surface area contributed by atoms with Crippen LogP contribution < -0.4 is 0 Å². The van der Waals surface area contributed by atoms with Crippen LogP contribution in [0, 0.1) is 0 Å². The summed E-state index contributed by atoms with van der Waals surface area (Å²) >= 11 is 4.99. The topological polar surface area (TPSA) is 37.3 Å². The van der Waals surface area contributed by atoms with Crippen molar-refractivity contribution in [2.75, 3.05) is 0 Å². The lowest BCUT2D eigenvalue weighted by atomic mass is 10.2. The van der Waals surface area contributed by atoms with Gasteiger partial charge in [-0.1, -0.05) is 12.2 Å². The van der Waals surface area contributed by atoms with Crippen LogP contribution in [0.25, 0.3) is 5.57 Å². The van der Waals surface area contributed by atoms with Gasteiger partial charge in [-0.25, -0.2) is 4.79 Å². The van der Waals surface area contributed by atoms with E-state index in [1.54, 1.807) is 17.4 Å². The molecule has 14 heavy (non-hydrogen) atoms. The van der Waals surface area contributed by atoms with Gasteiger partial charge in [0.1, 0.15) is 0 Å². The van der Waals surface area contributed by atoms with Gasteiger partial charge in [0.25, 0.3) is 0 Å². The molecule has 0 saturated carbocycles. The standard InChI is InChI=1S/C10H9BrO2S/c1-7(3-2-4-10(12)13)8-5-6-9(11)14-8/h2-6H,1H3,(H,12,13)/b4-2+,7-3+. The molecule has 1 rings (SSSR count). The van der Waals surface area contributed by atoms with Gasteiger partial charge in [0.2, 0.25) is 0 Å². The molecule has 0 aliphatic heterocycles. The first-order chi connectivity index (χ1) is 6.59. The summed E-state index contributed by atoms with van der Waals surface area (Å²) in [5.41, 5.74) is 1.05. The molecule has 4 heteroatoms. The summed E-state index contributed by atoms with van der Waals surface area (Å²) in [5.74, 6) is -0.929. The van der Waals surface area contributed by atoms with Gasteiger partial charge >= 0.3 is 5.97 Å². The van der Waals surface area contributed by atoms with Gasteiger partial charge in [0.05, 0.1) is 3.79 Å². The molecule has 1 aromatic heterocycles. The summed E-state index contributed by atoms with van der Waals surface area (Å²) < 4.78 is 1.07. The Balaban J connectivity index is 2.75. The summed E-state index contributed by atoms with van der Waals surface area (Å²) in [5, 5.41) is 8.38. The molecule has 0 saturated heterocycles. The second kappa shape index (κ2) is 5.12. The molecule has 74 valence electrons. The highest BCUT2D eigenvalue weighted by Crippen LogP contribution is 2.27. The van der Waals surface area contributed by atoms with Crippen molar-refractivity contribution < 1.29 is 9.90 Å². The smallest absolute Gasteiger partial charge is 0.328 e. The maximum Gasteiger partial charge on any atom is 0.328 e. The Morgan fingerprint density at radius 2 is 2.29 bits per heavy atom. The first kappa shape index (κ1) is 11.2. The van der Waals surface area contributed by atoms with E-state index in [0.29, 0.717) is 0 Å². The number of rotatable bonds is 3. The van der Waals surface area contributed by atoms with Crippen LogP contribution in [0.2, 0.25) is 0 Å². The second-order valence-electron chi connectivity index (χ2n) is 2.65. The summed E-state index contributed by atoms with van der Waals surface area (Å²) in [4.78, 5) is 11.3. The fourth-order valence-corrected chi connectivity index (χ4v) is 2.25. The Labute approximate surface area is 94.7 Å². The molecular formula is C10H9BrO2S. The summed E-state index contributed by atoms with van der Waals surface area (Å²) in [7, 11) is 0. The molecule has 0 radical (unpaired) electrons. The van der Waals surface area contributed by atoms with Crippen LogP contribution in [0.3, 0.4) is 0 Å². The maximum absolute atomic E-state index is 10.2. The van der Waals surface area contributed by atoms with Crippen LogP contribution in [0.15, 0.2) is 34.1 Å². The lowest BCUT2D eigenvalue weighted by Crippen LogP contribution is -1.84. The zero-order valence-electron chi connectivity index (χ0n) is 7.53. The minimum atomic E-state index is -0.929. The lowest BCUT2D eigenvalue weighted by molar-refractivity contribution is -0.131. The van der Waals surface area contributed by atoms with Gasteiger partial charge in [0.15, 0.2) is 0 Å². The van der Waals surface area contributed by atoms with Crippen molar-refractivity contribution in [2.45, 2.75) is 6.92 Å². The Hall–Kier alpha value is -0.870. The number of hydrogen-bond acceptors (Lipinski definition) is 2. The van der Waals surface area contributed by atoms with Gasteiger partial charge in [-0.05, 0) is 40.6 Å². The highest BCUT2D eigenvalue weighted by atomic mass is 79.9. The van der Waals surface area contributed by atoms with Gasteiger partial charge in [-0.15, -0.1) is 11.3 Å². The quantitative estimate of drug-likeness (QED) is 0.675. The van der Waals surface area contributed by atoms with Crippen molar-refractivity contribution in [1.82, 2.24) is 0 Å². The Bertz CT molecular complexity index is 391. The van der Waals surface area contributed by atoms with Crippen molar-refractivity contribution in [3.63, 3.8) is 0 Å². The average molecular weight is 273 g/mol. The first-order valence-electron chi connectivity index (χ1n) is 3.93. The minimum Gasteiger partial charge on any atom is -0.478 e. The number of halogens is 1. The van der Waals surface area contributed by atoms with E-state index in [4.69, 9.17) is 5.11 Å². The van der Waals surface area contributed by atoms with E-state index >= 15 is 0 Å². The van der Waals surface area contributed by atoms with E-state index in [-0.39, 0.29) is 0 Å². The fraction of sp³-hybridized carbons (Fsp3) is 0.100. The predicted molar refractivity (Wildman–Crippen MR) is 62.4 cm³/mol.